The third kappa shape index (κ3) is 1.41. The maximum Gasteiger partial charge on any atom is 0.356 e. The van der Waals surface area contributed by atoms with Crippen LogP contribution in [0.25, 0.3) is 0 Å². The molecule has 62 valence electrons. The first kappa shape index (κ1) is 8.62. The topological polar surface area (TPSA) is 40.6 Å². The molecule has 0 spiro atoms. The molecule has 1 fully saturated rings. The monoisotopic (exact) mass is 196 g/mol. The molecule has 6 heteroatoms. The van der Waals surface area contributed by atoms with Gasteiger partial charge in [-0.25, -0.2) is 9.21 Å². The van der Waals surface area contributed by atoms with Crippen LogP contribution in [0.5, 0.6) is 0 Å². The van der Waals surface area contributed by atoms with Crippen molar-refractivity contribution < 1.29 is 9.59 Å². The summed E-state index contributed by atoms with van der Waals surface area (Å²) in [4.78, 5) is 21.8. The zero-order valence-electron chi connectivity index (χ0n) is 5.75. The molecule has 0 saturated carbocycles. The standard InChI is InChI=1S/C5H6Cl2N2O2/c1-3-2-4(10)9(7)5(11)8(3)6/h3H,2H2,1H3. The van der Waals surface area contributed by atoms with Crippen molar-refractivity contribution >= 4 is 35.5 Å². The van der Waals surface area contributed by atoms with Gasteiger partial charge in [-0.05, 0) is 6.92 Å². The molecular weight excluding hydrogens is 191 g/mol. The molecule has 1 saturated heterocycles. The first-order valence-corrected chi connectivity index (χ1v) is 3.69. The van der Waals surface area contributed by atoms with Crippen molar-refractivity contribution in [3.8, 4) is 0 Å². The predicted molar refractivity (Wildman–Crippen MR) is 39.9 cm³/mol. The Labute approximate surface area is 73.9 Å². The number of urea groups is 1. The fraction of sp³-hybridized carbons (Fsp3) is 0.600. The second kappa shape index (κ2) is 2.87. The van der Waals surface area contributed by atoms with Crippen molar-refractivity contribution in [1.82, 2.24) is 8.84 Å². The van der Waals surface area contributed by atoms with E-state index in [9.17, 15) is 9.59 Å². The van der Waals surface area contributed by atoms with E-state index in [1.54, 1.807) is 6.92 Å². The van der Waals surface area contributed by atoms with Crippen molar-refractivity contribution in [3.05, 3.63) is 0 Å². The molecule has 0 aliphatic carbocycles. The molecular formula is C5H6Cl2N2O2. The van der Waals surface area contributed by atoms with Crippen molar-refractivity contribution in [3.63, 3.8) is 0 Å². The van der Waals surface area contributed by atoms with Gasteiger partial charge in [0.25, 0.3) is 0 Å². The van der Waals surface area contributed by atoms with E-state index < -0.39 is 11.9 Å². The fourth-order valence-electron chi connectivity index (χ4n) is 0.792. The van der Waals surface area contributed by atoms with Crippen molar-refractivity contribution in [1.29, 1.82) is 0 Å². The average Bonchev–Trinajstić information content (AvgIpc) is 1.97. The van der Waals surface area contributed by atoms with Crippen LogP contribution in [-0.4, -0.2) is 26.8 Å². The third-order valence-corrected chi connectivity index (χ3v) is 2.24. The van der Waals surface area contributed by atoms with Crippen LogP contribution in [0, 0.1) is 0 Å². The van der Waals surface area contributed by atoms with Gasteiger partial charge in [0.05, 0.1) is 12.5 Å². The Balaban J connectivity index is 2.79. The summed E-state index contributed by atoms with van der Waals surface area (Å²) in [6.07, 6.45) is 0.165. The van der Waals surface area contributed by atoms with Gasteiger partial charge in [0.2, 0.25) is 5.91 Å². The van der Waals surface area contributed by atoms with Gasteiger partial charge in [-0.15, -0.1) is 0 Å². The van der Waals surface area contributed by atoms with Crippen LogP contribution < -0.4 is 0 Å². The van der Waals surface area contributed by atoms with E-state index in [2.05, 4.69) is 0 Å². The van der Waals surface area contributed by atoms with Gasteiger partial charge in [0.1, 0.15) is 0 Å². The molecule has 4 nitrogen and oxygen atoms in total. The summed E-state index contributed by atoms with van der Waals surface area (Å²) in [6, 6.07) is -0.969. The minimum Gasteiger partial charge on any atom is -0.273 e. The second-order valence-corrected chi connectivity index (χ2v) is 3.02. The smallest absolute Gasteiger partial charge is 0.273 e. The zero-order valence-corrected chi connectivity index (χ0v) is 7.26. The van der Waals surface area contributed by atoms with Gasteiger partial charge in [-0.1, -0.05) is 0 Å². The SMILES string of the molecule is CC1CC(=O)N(Cl)C(=O)N1Cl. The number of amides is 3. The number of carbonyl (C=O) groups is 2. The third-order valence-electron chi connectivity index (χ3n) is 1.43. The molecule has 1 rings (SSSR count). The maximum atomic E-state index is 10.9. The van der Waals surface area contributed by atoms with Crippen LogP contribution in [0.15, 0.2) is 0 Å². The Bertz CT molecular complexity index is 209. The molecule has 0 aromatic carbocycles. The predicted octanol–water partition coefficient (Wildman–Crippen LogP) is 1.34. The first-order chi connectivity index (χ1) is 5.04. The molecule has 0 aromatic rings. The molecule has 0 N–H and O–H groups in total. The van der Waals surface area contributed by atoms with Gasteiger partial charge in [-0.3, -0.25) is 4.79 Å². The summed E-state index contributed by atoms with van der Waals surface area (Å²) in [5.41, 5.74) is 0. The highest BCUT2D eigenvalue weighted by molar-refractivity contribution is 6.34. The van der Waals surface area contributed by atoms with Crippen LogP contribution >= 0.6 is 23.6 Å². The average molecular weight is 197 g/mol. The Morgan fingerprint density at radius 1 is 1.45 bits per heavy atom. The number of rotatable bonds is 0. The van der Waals surface area contributed by atoms with Gasteiger partial charge in [0.15, 0.2) is 0 Å². The summed E-state index contributed by atoms with van der Waals surface area (Å²) >= 11 is 10.8. The van der Waals surface area contributed by atoms with Gasteiger partial charge in [0, 0.05) is 23.6 Å². The number of hydrogen-bond donors (Lipinski definition) is 0. The number of carbonyl (C=O) groups excluding carboxylic acids is 2. The minimum atomic E-state index is -0.683. The molecule has 1 atom stereocenters. The van der Waals surface area contributed by atoms with Gasteiger partial charge >= 0.3 is 6.03 Å². The van der Waals surface area contributed by atoms with Crippen LogP contribution in [-0.2, 0) is 4.79 Å². The summed E-state index contributed by atoms with van der Waals surface area (Å²) in [6.45, 7) is 1.67. The van der Waals surface area contributed by atoms with Crippen molar-refractivity contribution in [2.45, 2.75) is 19.4 Å². The molecule has 0 bridgehead atoms. The van der Waals surface area contributed by atoms with E-state index in [1.807, 2.05) is 0 Å². The van der Waals surface area contributed by atoms with E-state index >= 15 is 0 Å². The summed E-state index contributed by atoms with van der Waals surface area (Å²) in [5, 5.41) is 0. The lowest BCUT2D eigenvalue weighted by Crippen LogP contribution is -2.47. The fourth-order valence-corrected chi connectivity index (χ4v) is 1.13. The summed E-state index contributed by atoms with van der Waals surface area (Å²) in [5.74, 6) is -0.416. The molecule has 11 heavy (non-hydrogen) atoms. The highest BCUT2D eigenvalue weighted by Crippen LogP contribution is 2.20. The second-order valence-electron chi connectivity index (χ2n) is 2.32. The maximum absolute atomic E-state index is 10.9. The van der Waals surface area contributed by atoms with E-state index in [1.165, 1.54) is 0 Å². The summed E-state index contributed by atoms with van der Waals surface area (Å²) < 4.78 is 1.40. The van der Waals surface area contributed by atoms with Gasteiger partial charge < -0.3 is 0 Å². The van der Waals surface area contributed by atoms with Crippen LogP contribution in [0.3, 0.4) is 0 Å². The molecule has 1 aliphatic heterocycles. The van der Waals surface area contributed by atoms with E-state index in [0.29, 0.717) is 4.42 Å². The van der Waals surface area contributed by atoms with E-state index in [0.717, 1.165) is 4.42 Å². The number of nitrogens with zero attached hydrogens (tertiary/aromatic N) is 2. The molecule has 0 radical (unpaired) electrons. The van der Waals surface area contributed by atoms with E-state index in [-0.39, 0.29) is 12.5 Å². The molecule has 1 unspecified atom stereocenters. The van der Waals surface area contributed by atoms with E-state index in [4.69, 9.17) is 23.6 Å². The minimum absolute atomic E-state index is 0.165. The summed E-state index contributed by atoms with van der Waals surface area (Å²) in [7, 11) is 0. The lowest BCUT2D eigenvalue weighted by atomic mass is 10.2. The largest absolute Gasteiger partial charge is 0.356 e. The van der Waals surface area contributed by atoms with Crippen LogP contribution in [0.1, 0.15) is 13.3 Å². The van der Waals surface area contributed by atoms with Gasteiger partial charge in [-0.2, -0.15) is 4.42 Å². The first-order valence-electron chi connectivity index (χ1n) is 3.01. The Hall–Kier alpha value is -0.480. The number of hydrogen-bond acceptors (Lipinski definition) is 2. The molecule has 3 amide bonds. The highest BCUT2D eigenvalue weighted by Gasteiger charge is 2.35. The molecule has 0 aromatic heterocycles. The molecule has 1 aliphatic rings. The van der Waals surface area contributed by atoms with Crippen molar-refractivity contribution in [2.24, 2.45) is 0 Å². The van der Waals surface area contributed by atoms with Crippen molar-refractivity contribution in [2.75, 3.05) is 0 Å². The quantitative estimate of drug-likeness (QED) is 0.549. The Morgan fingerprint density at radius 3 is 2.55 bits per heavy atom. The lowest BCUT2D eigenvalue weighted by Gasteiger charge is -2.29. The number of imide groups is 1. The molecule has 1 heterocycles. The number of halogens is 2. The van der Waals surface area contributed by atoms with Crippen LogP contribution in [0.4, 0.5) is 4.79 Å². The lowest BCUT2D eigenvalue weighted by molar-refractivity contribution is -0.127. The normalized spacial score (nSPS) is 26.3. The Kier molecular flexibility index (Phi) is 2.25. The zero-order chi connectivity index (χ0) is 8.59. The Morgan fingerprint density at radius 2 is 2.00 bits per heavy atom. The van der Waals surface area contributed by atoms with Crippen LogP contribution in [0.2, 0.25) is 0 Å². The highest BCUT2D eigenvalue weighted by atomic mass is 35.5.